The van der Waals surface area contributed by atoms with Gasteiger partial charge in [0.05, 0.1) is 6.54 Å². The first-order chi connectivity index (χ1) is 6.60. The average molecular weight is 201 g/mol. The van der Waals surface area contributed by atoms with Crippen molar-refractivity contribution < 1.29 is 9.59 Å². The molecule has 0 unspecified atom stereocenters. The van der Waals surface area contributed by atoms with E-state index in [0.717, 1.165) is 19.4 Å². The van der Waals surface area contributed by atoms with E-state index in [2.05, 4.69) is 19.2 Å². The van der Waals surface area contributed by atoms with Crippen molar-refractivity contribution in [3.63, 3.8) is 0 Å². The molecule has 0 aromatic rings. The fourth-order valence-electron chi connectivity index (χ4n) is 1.15. The Morgan fingerprint density at radius 3 is 2.29 bits per heavy atom. The van der Waals surface area contributed by atoms with E-state index in [1.165, 1.54) is 0 Å². The van der Waals surface area contributed by atoms with E-state index in [-0.39, 0.29) is 12.5 Å². The predicted molar refractivity (Wildman–Crippen MR) is 54.7 cm³/mol. The Kier molecular flexibility index (Phi) is 6.74. The van der Waals surface area contributed by atoms with Gasteiger partial charge < -0.3 is 11.1 Å². The highest BCUT2D eigenvalue weighted by atomic mass is 16.2. The third-order valence-corrected chi connectivity index (χ3v) is 2.14. The molecule has 0 rings (SSSR count). The third-order valence-electron chi connectivity index (χ3n) is 2.14. The van der Waals surface area contributed by atoms with Crippen LogP contribution in [-0.4, -0.2) is 25.0 Å². The van der Waals surface area contributed by atoms with Crippen LogP contribution < -0.4 is 16.4 Å². The summed E-state index contributed by atoms with van der Waals surface area (Å²) in [6.07, 6.45) is 2.17. The van der Waals surface area contributed by atoms with Gasteiger partial charge in [0.2, 0.25) is 5.91 Å². The molecule has 0 radical (unpaired) electrons. The third kappa shape index (κ3) is 6.42. The van der Waals surface area contributed by atoms with Gasteiger partial charge in [-0.1, -0.05) is 26.7 Å². The van der Waals surface area contributed by atoms with Crippen molar-refractivity contribution in [3.8, 4) is 0 Å². The highest BCUT2D eigenvalue weighted by Crippen LogP contribution is 2.04. The van der Waals surface area contributed by atoms with E-state index in [9.17, 15) is 9.59 Å². The number of rotatable bonds is 6. The molecule has 0 saturated carbocycles. The number of urea groups is 1. The predicted octanol–water partition coefficient (Wildman–Crippen LogP) is 0.207. The molecule has 0 saturated heterocycles. The molecule has 0 aromatic heterocycles. The van der Waals surface area contributed by atoms with Gasteiger partial charge in [-0.3, -0.25) is 10.1 Å². The summed E-state index contributed by atoms with van der Waals surface area (Å²) in [5, 5.41) is 4.96. The van der Waals surface area contributed by atoms with E-state index in [1.807, 2.05) is 5.32 Å². The van der Waals surface area contributed by atoms with Crippen molar-refractivity contribution in [1.29, 1.82) is 0 Å². The average Bonchev–Trinajstić information content (AvgIpc) is 2.11. The molecule has 82 valence electrons. The van der Waals surface area contributed by atoms with Gasteiger partial charge in [0, 0.05) is 0 Å². The van der Waals surface area contributed by atoms with Crippen LogP contribution in [0.15, 0.2) is 0 Å². The molecule has 0 aliphatic carbocycles. The first kappa shape index (κ1) is 12.9. The minimum Gasteiger partial charge on any atom is -0.351 e. The molecule has 0 heterocycles. The lowest BCUT2D eigenvalue weighted by Crippen LogP contribution is -2.41. The number of hydrogen-bond acceptors (Lipinski definition) is 3. The summed E-state index contributed by atoms with van der Waals surface area (Å²) in [6.45, 7) is 5.15. The Hall–Kier alpha value is -1.10. The number of amides is 3. The van der Waals surface area contributed by atoms with Gasteiger partial charge in [-0.2, -0.15) is 0 Å². The van der Waals surface area contributed by atoms with E-state index >= 15 is 0 Å². The van der Waals surface area contributed by atoms with Crippen LogP contribution >= 0.6 is 0 Å². The highest BCUT2D eigenvalue weighted by Gasteiger charge is 2.06. The summed E-state index contributed by atoms with van der Waals surface area (Å²) in [5.41, 5.74) is 4.78. The van der Waals surface area contributed by atoms with E-state index in [1.54, 1.807) is 0 Å². The van der Waals surface area contributed by atoms with Gasteiger partial charge in [-0.25, -0.2) is 4.79 Å². The SMILES string of the molecule is CCC(CC)CNCC(=O)NC(N)=O. The summed E-state index contributed by atoms with van der Waals surface area (Å²) in [5.74, 6) is 0.194. The second kappa shape index (κ2) is 7.32. The molecule has 5 heteroatoms. The molecule has 0 aliphatic rings. The molecule has 5 nitrogen and oxygen atoms in total. The second-order valence-corrected chi connectivity index (χ2v) is 3.23. The number of carbonyl (C=O) groups is 2. The molecule has 14 heavy (non-hydrogen) atoms. The maximum Gasteiger partial charge on any atom is 0.318 e. The zero-order chi connectivity index (χ0) is 11.0. The Bertz CT molecular complexity index is 190. The molecule has 0 spiro atoms. The largest absolute Gasteiger partial charge is 0.351 e. The van der Waals surface area contributed by atoms with Crippen molar-refractivity contribution in [1.82, 2.24) is 10.6 Å². The first-order valence-electron chi connectivity index (χ1n) is 4.90. The lowest BCUT2D eigenvalue weighted by molar-refractivity contribution is -0.119. The maximum atomic E-state index is 10.9. The monoisotopic (exact) mass is 201 g/mol. The first-order valence-corrected chi connectivity index (χ1v) is 4.90. The van der Waals surface area contributed by atoms with Gasteiger partial charge >= 0.3 is 6.03 Å². The highest BCUT2D eigenvalue weighted by molar-refractivity contribution is 5.94. The zero-order valence-corrected chi connectivity index (χ0v) is 8.80. The Balaban J connectivity index is 3.52. The Morgan fingerprint density at radius 1 is 1.29 bits per heavy atom. The lowest BCUT2D eigenvalue weighted by atomic mass is 10.0. The number of hydrogen-bond donors (Lipinski definition) is 3. The van der Waals surface area contributed by atoms with Crippen molar-refractivity contribution in [2.24, 2.45) is 11.7 Å². The van der Waals surface area contributed by atoms with Gasteiger partial charge in [0.25, 0.3) is 0 Å². The molecule has 3 amide bonds. The quantitative estimate of drug-likeness (QED) is 0.574. The number of nitrogens with two attached hydrogens (primary N) is 1. The smallest absolute Gasteiger partial charge is 0.318 e. The van der Waals surface area contributed by atoms with Gasteiger partial charge in [-0.15, -0.1) is 0 Å². The fourth-order valence-corrected chi connectivity index (χ4v) is 1.15. The minimum absolute atomic E-state index is 0.138. The van der Waals surface area contributed by atoms with Crippen LogP contribution in [0, 0.1) is 5.92 Å². The van der Waals surface area contributed by atoms with Crippen LogP contribution in [0.5, 0.6) is 0 Å². The second-order valence-electron chi connectivity index (χ2n) is 3.23. The summed E-state index contributed by atoms with van der Waals surface area (Å²) in [7, 11) is 0. The van der Waals surface area contributed by atoms with Crippen LogP contribution in [0.4, 0.5) is 4.79 Å². The molecule has 0 aromatic carbocycles. The topological polar surface area (TPSA) is 84.2 Å². The van der Waals surface area contributed by atoms with Crippen molar-refractivity contribution in [3.05, 3.63) is 0 Å². The van der Waals surface area contributed by atoms with Crippen LogP contribution in [0.25, 0.3) is 0 Å². The normalized spacial score (nSPS) is 10.2. The van der Waals surface area contributed by atoms with Crippen molar-refractivity contribution >= 4 is 11.9 Å². The molecule has 0 atom stereocenters. The van der Waals surface area contributed by atoms with Gasteiger partial charge in [0.1, 0.15) is 0 Å². The Labute approximate surface area is 84.4 Å². The number of primary amides is 1. The number of carbonyl (C=O) groups excluding carboxylic acids is 2. The summed E-state index contributed by atoms with van der Waals surface area (Å²) < 4.78 is 0. The van der Waals surface area contributed by atoms with Crippen LogP contribution in [0.1, 0.15) is 26.7 Å². The summed E-state index contributed by atoms with van der Waals surface area (Å²) in [4.78, 5) is 21.2. The molecule has 4 N–H and O–H groups in total. The molecular weight excluding hydrogens is 182 g/mol. The van der Waals surface area contributed by atoms with E-state index < -0.39 is 6.03 Å². The summed E-state index contributed by atoms with van der Waals surface area (Å²) >= 11 is 0. The molecule has 0 fully saturated rings. The summed E-state index contributed by atoms with van der Waals surface area (Å²) in [6, 6.07) is -0.806. The number of imide groups is 1. The Morgan fingerprint density at radius 2 is 1.86 bits per heavy atom. The fraction of sp³-hybridized carbons (Fsp3) is 0.778. The zero-order valence-electron chi connectivity index (χ0n) is 8.80. The van der Waals surface area contributed by atoms with Crippen molar-refractivity contribution in [2.45, 2.75) is 26.7 Å². The van der Waals surface area contributed by atoms with Crippen LogP contribution in [0.2, 0.25) is 0 Å². The van der Waals surface area contributed by atoms with E-state index in [0.29, 0.717) is 5.92 Å². The maximum absolute atomic E-state index is 10.9. The van der Waals surface area contributed by atoms with Crippen LogP contribution in [-0.2, 0) is 4.79 Å². The molecule has 0 bridgehead atoms. The minimum atomic E-state index is -0.806. The molecular formula is C9H19N3O2. The number of nitrogens with one attached hydrogen (secondary N) is 2. The van der Waals surface area contributed by atoms with Gasteiger partial charge in [-0.05, 0) is 12.5 Å². The standard InChI is InChI=1S/C9H19N3O2/c1-3-7(4-2)5-11-6-8(13)12-9(10)14/h7,11H,3-6H2,1-2H3,(H3,10,12,13,14). The lowest BCUT2D eigenvalue weighted by Gasteiger charge is -2.12. The molecule has 0 aliphatic heterocycles. The van der Waals surface area contributed by atoms with Crippen LogP contribution in [0.3, 0.4) is 0 Å². The van der Waals surface area contributed by atoms with Crippen molar-refractivity contribution in [2.75, 3.05) is 13.1 Å². The van der Waals surface area contributed by atoms with E-state index in [4.69, 9.17) is 5.73 Å². The van der Waals surface area contributed by atoms with Gasteiger partial charge in [0.15, 0.2) is 0 Å².